The van der Waals surface area contributed by atoms with E-state index in [4.69, 9.17) is 5.73 Å². The van der Waals surface area contributed by atoms with Gasteiger partial charge in [0.2, 0.25) is 0 Å². The number of imidazole rings is 1. The number of nitrogens with two attached hydrogens (primary N) is 1. The molecule has 2 aromatic rings. The lowest BCUT2D eigenvalue weighted by atomic mass is 10.2. The van der Waals surface area contributed by atoms with Gasteiger partial charge in [-0.05, 0) is 18.6 Å². The second-order valence-corrected chi connectivity index (χ2v) is 4.93. The third kappa shape index (κ3) is 3.92. The largest absolute Gasteiger partial charge is 0.335 e. The zero-order valence-electron chi connectivity index (χ0n) is 12.4. The molecule has 0 aliphatic rings. The molecule has 5 nitrogen and oxygen atoms in total. The molecule has 0 saturated carbocycles. The minimum absolute atomic E-state index is 0.0644. The standard InChI is InChI=1S/C16H22N4O/c1-2-3-10-20(14-7-5-4-6-8-14)16(21)15-12-19(11-9-17)13-18-15/h4-8,12-13H,2-3,9-11,17H2,1H3. The van der Waals surface area contributed by atoms with Crippen LogP contribution in [-0.4, -0.2) is 28.5 Å². The van der Waals surface area contributed by atoms with Crippen molar-refractivity contribution in [2.24, 2.45) is 5.73 Å². The molecule has 112 valence electrons. The van der Waals surface area contributed by atoms with E-state index in [1.54, 1.807) is 17.4 Å². The molecular weight excluding hydrogens is 264 g/mol. The fourth-order valence-corrected chi connectivity index (χ4v) is 2.15. The molecule has 0 unspecified atom stereocenters. The van der Waals surface area contributed by atoms with Crippen molar-refractivity contribution in [1.82, 2.24) is 9.55 Å². The molecule has 1 aromatic heterocycles. The summed E-state index contributed by atoms with van der Waals surface area (Å²) >= 11 is 0. The van der Waals surface area contributed by atoms with Gasteiger partial charge in [0.25, 0.3) is 5.91 Å². The molecule has 2 rings (SSSR count). The summed E-state index contributed by atoms with van der Waals surface area (Å²) < 4.78 is 1.84. The van der Waals surface area contributed by atoms with Gasteiger partial charge in [-0.2, -0.15) is 0 Å². The summed E-state index contributed by atoms with van der Waals surface area (Å²) in [7, 11) is 0. The van der Waals surface area contributed by atoms with Gasteiger partial charge >= 0.3 is 0 Å². The molecule has 0 spiro atoms. The van der Waals surface area contributed by atoms with Crippen LogP contribution in [0.4, 0.5) is 5.69 Å². The predicted octanol–water partition coefficient (Wildman–Crippen LogP) is 2.29. The second kappa shape index (κ2) is 7.59. The topological polar surface area (TPSA) is 64.2 Å². The Hall–Kier alpha value is -2.14. The van der Waals surface area contributed by atoms with E-state index in [1.807, 2.05) is 34.9 Å². The molecule has 5 heteroatoms. The maximum Gasteiger partial charge on any atom is 0.278 e. The Morgan fingerprint density at radius 2 is 2.10 bits per heavy atom. The van der Waals surface area contributed by atoms with Crippen molar-refractivity contribution >= 4 is 11.6 Å². The molecule has 0 atom stereocenters. The number of hydrogen-bond acceptors (Lipinski definition) is 3. The van der Waals surface area contributed by atoms with E-state index in [2.05, 4.69) is 11.9 Å². The van der Waals surface area contributed by atoms with Crippen LogP contribution in [0.2, 0.25) is 0 Å². The van der Waals surface area contributed by atoms with Crippen LogP contribution in [-0.2, 0) is 6.54 Å². The lowest BCUT2D eigenvalue weighted by Gasteiger charge is -2.21. The van der Waals surface area contributed by atoms with Crippen LogP contribution in [0.25, 0.3) is 0 Å². The number of nitrogens with zero attached hydrogens (tertiary/aromatic N) is 3. The van der Waals surface area contributed by atoms with E-state index in [0.717, 1.165) is 18.5 Å². The first-order valence-electron chi connectivity index (χ1n) is 7.35. The van der Waals surface area contributed by atoms with Gasteiger partial charge in [0, 0.05) is 31.5 Å². The van der Waals surface area contributed by atoms with Crippen LogP contribution in [0, 0.1) is 0 Å². The van der Waals surface area contributed by atoms with Gasteiger partial charge in [-0.3, -0.25) is 4.79 Å². The molecule has 1 aromatic carbocycles. The molecule has 0 bridgehead atoms. The quantitative estimate of drug-likeness (QED) is 0.849. The highest BCUT2D eigenvalue weighted by Crippen LogP contribution is 2.17. The van der Waals surface area contributed by atoms with Crippen LogP contribution >= 0.6 is 0 Å². The molecule has 0 aliphatic heterocycles. The first-order valence-corrected chi connectivity index (χ1v) is 7.35. The Labute approximate surface area is 125 Å². The van der Waals surface area contributed by atoms with Gasteiger partial charge in [-0.1, -0.05) is 31.5 Å². The molecule has 0 saturated heterocycles. The van der Waals surface area contributed by atoms with Gasteiger partial charge in [-0.25, -0.2) is 4.98 Å². The number of hydrogen-bond donors (Lipinski definition) is 1. The number of aromatic nitrogens is 2. The molecule has 1 amide bonds. The highest BCUT2D eigenvalue weighted by molar-refractivity contribution is 6.04. The molecule has 0 fully saturated rings. The van der Waals surface area contributed by atoms with Gasteiger partial charge in [-0.15, -0.1) is 0 Å². The SMILES string of the molecule is CCCCN(C(=O)c1cn(CCN)cn1)c1ccccc1. The number of amides is 1. The normalized spacial score (nSPS) is 10.6. The highest BCUT2D eigenvalue weighted by atomic mass is 16.2. The number of carbonyl (C=O) groups excluding carboxylic acids is 1. The monoisotopic (exact) mass is 286 g/mol. The van der Waals surface area contributed by atoms with Crippen molar-refractivity contribution < 1.29 is 4.79 Å². The van der Waals surface area contributed by atoms with Gasteiger partial charge < -0.3 is 15.2 Å². The van der Waals surface area contributed by atoms with Crippen molar-refractivity contribution in [3.05, 3.63) is 48.5 Å². The molecule has 1 heterocycles. The predicted molar refractivity (Wildman–Crippen MR) is 84.3 cm³/mol. The number of unbranched alkanes of at least 4 members (excludes halogenated alkanes) is 1. The lowest BCUT2D eigenvalue weighted by Crippen LogP contribution is -2.32. The first-order chi connectivity index (χ1) is 10.3. The number of carbonyl (C=O) groups is 1. The lowest BCUT2D eigenvalue weighted by molar-refractivity contribution is 0.0982. The van der Waals surface area contributed by atoms with E-state index in [-0.39, 0.29) is 5.91 Å². The third-order valence-corrected chi connectivity index (χ3v) is 3.29. The summed E-state index contributed by atoms with van der Waals surface area (Å²) in [6.45, 7) is 4.01. The number of para-hydroxylation sites is 1. The van der Waals surface area contributed by atoms with Crippen molar-refractivity contribution in [2.75, 3.05) is 18.0 Å². The molecule has 21 heavy (non-hydrogen) atoms. The van der Waals surface area contributed by atoms with Crippen LogP contribution in [0.1, 0.15) is 30.3 Å². The maximum atomic E-state index is 12.7. The first kappa shape index (κ1) is 15.3. The van der Waals surface area contributed by atoms with E-state index in [0.29, 0.717) is 25.3 Å². The van der Waals surface area contributed by atoms with E-state index in [1.165, 1.54) is 0 Å². The Balaban J connectivity index is 2.20. The zero-order chi connectivity index (χ0) is 15.1. The minimum Gasteiger partial charge on any atom is -0.335 e. The second-order valence-electron chi connectivity index (χ2n) is 4.93. The number of benzene rings is 1. The maximum absolute atomic E-state index is 12.7. The third-order valence-electron chi connectivity index (χ3n) is 3.29. The Kier molecular flexibility index (Phi) is 5.51. The van der Waals surface area contributed by atoms with Crippen LogP contribution in [0.3, 0.4) is 0 Å². The van der Waals surface area contributed by atoms with Gasteiger partial charge in [0.15, 0.2) is 0 Å². The van der Waals surface area contributed by atoms with E-state index < -0.39 is 0 Å². The summed E-state index contributed by atoms with van der Waals surface area (Å²) in [5.41, 5.74) is 6.89. The molecule has 0 aliphatic carbocycles. The van der Waals surface area contributed by atoms with Crippen LogP contribution < -0.4 is 10.6 Å². The summed E-state index contributed by atoms with van der Waals surface area (Å²) in [5, 5.41) is 0. The van der Waals surface area contributed by atoms with Crippen molar-refractivity contribution in [2.45, 2.75) is 26.3 Å². The summed E-state index contributed by atoms with van der Waals surface area (Å²) in [4.78, 5) is 18.7. The molecule has 0 radical (unpaired) electrons. The summed E-state index contributed by atoms with van der Waals surface area (Å²) in [6, 6.07) is 9.72. The minimum atomic E-state index is -0.0644. The zero-order valence-corrected chi connectivity index (χ0v) is 12.4. The van der Waals surface area contributed by atoms with Crippen molar-refractivity contribution in [3.8, 4) is 0 Å². The highest BCUT2D eigenvalue weighted by Gasteiger charge is 2.19. The average Bonchev–Trinajstić information content (AvgIpc) is 2.97. The number of rotatable bonds is 7. The molecule has 2 N–H and O–H groups in total. The van der Waals surface area contributed by atoms with Crippen LogP contribution in [0.15, 0.2) is 42.9 Å². The van der Waals surface area contributed by atoms with Crippen LogP contribution in [0.5, 0.6) is 0 Å². The summed E-state index contributed by atoms with van der Waals surface area (Å²) in [6.07, 6.45) is 5.42. The van der Waals surface area contributed by atoms with Gasteiger partial charge in [0.05, 0.1) is 6.33 Å². The Bertz CT molecular complexity index is 565. The number of anilines is 1. The fraction of sp³-hybridized carbons (Fsp3) is 0.375. The Morgan fingerprint density at radius 1 is 1.33 bits per heavy atom. The fourth-order valence-electron chi connectivity index (χ4n) is 2.15. The van der Waals surface area contributed by atoms with E-state index in [9.17, 15) is 4.79 Å². The van der Waals surface area contributed by atoms with E-state index >= 15 is 0 Å². The average molecular weight is 286 g/mol. The Morgan fingerprint density at radius 3 is 2.76 bits per heavy atom. The van der Waals surface area contributed by atoms with Crippen molar-refractivity contribution in [1.29, 1.82) is 0 Å². The summed E-state index contributed by atoms with van der Waals surface area (Å²) in [5.74, 6) is -0.0644. The smallest absolute Gasteiger partial charge is 0.278 e. The van der Waals surface area contributed by atoms with Gasteiger partial charge in [0.1, 0.15) is 5.69 Å². The van der Waals surface area contributed by atoms with Crippen molar-refractivity contribution in [3.63, 3.8) is 0 Å². The molecular formula is C16H22N4O.